The van der Waals surface area contributed by atoms with Gasteiger partial charge in [0.1, 0.15) is 11.5 Å². The molecule has 0 spiro atoms. The molecule has 0 aliphatic heterocycles. The van der Waals surface area contributed by atoms with Gasteiger partial charge in [-0.3, -0.25) is 0 Å². The zero-order valence-electron chi connectivity index (χ0n) is 60.3. The number of rotatable bonds is 52. The quantitative estimate of drug-likeness (QED) is 0.0512. The average Bonchev–Trinajstić information content (AvgIpc) is 3.46. The summed E-state index contributed by atoms with van der Waals surface area (Å²) in [7, 11) is 0. The number of hydrogen-bond donors (Lipinski definition) is 2. The van der Waals surface area contributed by atoms with E-state index in [1.807, 2.05) is 0 Å². The largest absolute Gasteiger partial charge is 0.507 e. The van der Waals surface area contributed by atoms with E-state index in [0.29, 0.717) is 29.8 Å². The summed E-state index contributed by atoms with van der Waals surface area (Å²) in [4.78, 5) is 0. The van der Waals surface area contributed by atoms with Crippen molar-refractivity contribution >= 4 is 0 Å². The summed E-state index contributed by atoms with van der Waals surface area (Å²) in [6.45, 7) is 53.5. The molecule has 2 aromatic rings. The molecule has 0 bridgehead atoms. The molecule has 0 aliphatic rings. The molecule has 0 atom stereocenters. The summed E-state index contributed by atoms with van der Waals surface area (Å²) >= 11 is 0. The second-order valence-electron chi connectivity index (χ2n) is 26.6. The zero-order valence-corrected chi connectivity index (χ0v) is 61.3. The smallest absolute Gasteiger partial charge is 0.122 e. The van der Waals surface area contributed by atoms with Gasteiger partial charge < -0.3 is 57.9 Å². The second kappa shape index (κ2) is 51.2. The van der Waals surface area contributed by atoms with Crippen molar-refractivity contribution < 1.29 is 44.9 Å². The SMILES string of the molecule is CCCC[N+](CCCC)(CCCC)CCC(CC[N+](CCCC)(CCCC)CCCC)c1cc(C)c(O)c(Cc2cc(C(CC[N+](CCCC)(CCCC)CCCC)CC[N+](CCCC)(CCCC)CCCC)cc(C)c2O)c1.[CH3-].[CH3-].[CH3-].[CH3-].[Co]. The summed E-state index contributed by atoms with van der Waals surface area (Å²) in [6, 6.07) is 9.65. The topological polar surface area (TPSA) is 40.5 Å². The van der Waals surface area contributed by atoms with Crippen LogP contribution in [0.25, 0.3) is 0 Å². The molecule has 84 heavy (non-hydrogen) atoms. The van der Waals surface area contributed by atoms with Gasteiger partial charge in [-0.15, -0.1) is 0 Å². The molecule has 7 heteroatoms. The van der Waals surface area contributed by atoms with E-state index in [4.69, 9.17) is 0 Å². The third kappa shape index (κ3) is 31.7. The molecule has 0 unspecified atom stereocenters. The van der Waals surface area contributed by atoms with Gasteiger partial charge in [0.05, 0.1) is 105 Å². The minimum atomic E-state index is 0. The average molecular weight is 1230 g/mol. The van der Waals surface area contributed by atoms with Gasteiger partial charge in [0.2, 0.25) is 0 Å². The maximum Gasteiger partial charge on any atom is 0.122 e. The van der Waals surface area contributed by atoms with E-state index < -0.39 is 0 Å². The molecule has 501 valence electrons. The standard InChI is InChI=1S/C73H138N4O2.4CH3.Co/c1-15-27-43-74(44-28-16-2,45-29-17-3)55-39-66(40-56-75(46-30-18-4,47-31-19-5)48-32-20-6)68-59-64(13)72(78)70(61-68)63-71-62-69(60-65(14)73(71)79)67(41-57-76(49-33-21-7,50-34-22-8)51-35-23-9)42-58-77(52-36-24-10,53-37-25-11)54-38-26-12;;;;;/h59-62,66-67H,15-58,63H2,1-14H3;4*1H3;/q+2;4*-1;/p+2. The van der Waals surface area contributed by atoms with Crippen LogP contribution >= 0.6 is 0 Å². The van der Waals surface area contributed by atoms with E-state index in [0.717, 1.165) is 22.3 Å². The molecule has 0 saturated carbocycles. The van der Waals surface area contributed by atoms with Crippen LogP contribution in [-0.4, -0.2) is 133 Å². The number of aromatic hydroxyl groups is 2. The van der Waals surface area contributed by atoms with Crippen LogP contribution in [0.2, 0.25) is 0 Å². The maximum atomic E-state index is 12.3. The number of hydrogen-bond acceptors (Lipinski definition) is 2. The number of aryl methyl sites for hydroxylation is 2. The van der Waals surface area contributed by atoms with E-state index in [9.17, 15) is 10.2 Å². The first-order chi connectivity index (χ1) is 38.2. The molecule has 2 aromatic carbocycles. The fourth-order valence-electron chi connectivity index (χ4n) is 14.0. The monoisotopic (exact) mass is 1220 g/mol. The van der Waals surface area contributed by atoms with Crippen LogP contribution in [0.4, 0.5) is 0 Å². The first kappa shape index (κ1) is 88.8. The Hall–Kier alpha value is -1.61. The van der Waals surface area contributed by atoms with E-state index in [-0.39, 0.29) is 46.5 Å². The Kier molecular flexibility index (Phi) is 54.1. The Morgan fingerprint density at radius 2 is 0.452 bits per heavy atom. The van der Waals surface area contributed by atoms with E-state index in [1.165, 1.54) is 314 Å². The van der Waals surface area contributed by atoms with Crippen LogP contribution in [0.5, 0.6) is 11.5 Å². The number of phenolic OH excluding ortho intramolecular Hbond substituents is 2. The molecular formula is C77H152CoN4O2. The summed E-state index contributed by atoms with van der Waals surface area (Å²) in [5.74, 6) is 1.70. The molecular weight excluding hydrogens is 1070 g/mol. The summed E-state index contributed by atoms with van der Waals surface area (Å²) in [6.07, 6.45) is 36.1. The Morgan fingerprint density at radius 1 is 0.286 bits per heavy atom. The zero-order chi connectivity index (χ0) is 58.4. The number of benzene rings is 2. The van der Waals surface area contributed by atoms with Gasteiger partial charge in [0.15, 0.2) is 0 Å². The van der Waals surface area contributed by atoms with Crippen LogP contribution in [-0.2, 0) is 23.2 Å². The van der Waals surface area contributed by atoms with Crippen molar-refractivity contribution in [3.05, 3.63) is 87.4 Å². The predicted octanol–water partition coefficient (Wildman–Crippen LogP) is 21.7. The van der Waals surface area contributed by atoms with Gasteiger partial charge in [-0.1, -0.05) is 184 Å². The van der Waals surface area contributed by atoms with Crippen molar-refractivity contribution in [1.82, 2.24) is 0 Å². The van der Waals surface area contributed by atoms with Crippen LogP contribution in [0.15, 0.2) is 24.3 Å². The van der Waals surface area contributed by atoms with Gasteiger partial charge in [-0.05, 0) is 136 Å². The minimum absolute atomic E-state index is 0. The molecule has 0 amide bonds. The molecule has 2 N–H and O–H groups in total. The van der Waals surface area contributed by atoms with Crippen molar-refractivity contribution in [3.63, 3.8) is 0 Å². The molecule has 0 heterocycles. The fourth-order valence-corrected chi connectivity index (χ4v) is 14.0. The van der Waals surface area contributed by atoms with E-state index in [2.05, 4.69) is 121 Å². The number of quaternary nitrogens is 4. The Balaban J connectivity index is -0.00000640. The number of nitrogens with zero attached hydrogens (tertiary/aromatic N) is 4. The molecule has 0 aromatic heterocycles. The van der Waals surface area contributed by atoms with E-state index >= 15 is 0 Å². The van der Waals surface area contributed by atoms with Crippen molar-refractivity contribution in [2.75, 3.05) is 105 Å². The molecule has 1 radical (unpaired) electrons. The van der Waals surface area contributed by atoms with Gasteiger partial charge in [0, 0.05) is 48.9 Å². The summed E-state index contributed by atoms with van der Waals surface area (Å²) in [5, 5.41) is 24.6. The predicted molar refractivity (Wildman–Crippen MR) is 376 cm³/mol. The summed E-state index contributed by atoms with van der Waals surface area (Å²) in [5.41, 5.74) is 6.84. The Bertz CT molecular complexity index is 1540. The van der Waals surface area contributed by atoms with Crippen molar-refractivity contribution in [1.29, 1.82) is 0 Å². The minimum Gasteiger partial charge on any atom is -0.507 e. The van der Waals surface area contributed by atoms with Crippen molar-refractivity contribution in [2.24, 2.45) is 0 Å². The van der Waals surface area contributed by atoms with Crippen LogP contribution in [0, 0.1) is 43.6 Å². The first-order valence-corrected chi connectivity index (χ1v) is 35.2. The molecule has 2 rings (SSSR count). The van der Waals surface area contributed by atoms with Crippen molar-refractivity contribution in [2.45, 2.75) is 295 Å². The van der Waals surface area contributed by atoms with Crippen LogP contribution in [0.3, 0.4) is 0 Å². The van der Waals surface area contributed by atoms with Crippen molar-refractivity contribution in [3.8, 4) is 11.5 Å². The van der Waals surface area contributed by atoms with Gasteiger partial charge >= 0.3 is 0 Å². The molecule has 6 nitrogen and oxygen atoms in total. The van der Waals surface area contributed by atoms with Gasteiger partial charge in [-0.2, -0.15) is 0 Å². The van der Waals surface area contributed by atoms with Crippen LogP contribution < -0.4 is 0 Å². The first-order valence-electron chi connectivity index (χ1n) is 35.2. The number of phenols is 2. The van der Waals surface area contributed by atoms with E-state index in [1.54, 1.807) is 0 Å². The second-order valence-corrected chi connectivity index (χ2v) is 26.6. The maximum absolute atomic E-state index is 12.3. The Labute approximate surface area is 540 Å². The molecule has 0 aliphatic carbocycles. The number of unbranched alkanes of at least 4 members (excludes halogenated alkanes) is 12. The third-order valence-electron chi connectivity index (χ3n) is 19.8. The van der Waals surface area contributed by atoms with Gasteiger partial charge in [-0.25, -0.2) is 0 Å². The summed E-state index contributed by atoms with van der Waals surface area (Å²) < 4.78 is 5.07. The van der Waals surface area contributed by atoms with Crippen LogP contribution in [0.1, 0.15) is 308 Å². The normalized spacial score (nSPS) is 12.0. The Morgan fingerprint density at radius 3 is 0.607 bits per heavy atom. The fraction of sp³-hybridized carbons (Fsp3) is 0.792. The molecule has 0 fully saturated rings. The third-order valence-corrected chi connectivity index (χ3v) is 19.8. The van der Waals surface area contributed by atoms with Gasteiger partial charge in [0.25, 0.3) is 0 Å². The molecule has 0 saturated heterocycles.